The van der Waals surface area contributed by atoms with Crippen LogP contribution in [0.4, 0.5) is 0 Å². The fourth-order valence-corrected chi connectivity index (χ4v) is 1.32. The molecule has 0 aliphatic rings. The van der Waals surface area contributed by atoms with Crippen molar-refractivity contribution >= 4 is 24.8 Å². The van der Waals surface area contributed by atoms with Crippen LogP contribution < -0.4 is 11.1 Å². The van der Waals surface area contributed by atoms with E-state index in [1.165, 1.54) is 0 Å². The second kappa shape index (κ2) is 8.69. The van der Waals surface area contributed by atoms with Gasteiger partial charge >= 0.3 is 0 Å². The van der Waals surface area contributed by atoms with Crippen molar-refractivity contribution in [2.45, 2.75) is 32.9 Å². The number of halogens is 2. The predicted molar refractivity (Wildman–Crippen MR) is 74.8 cm³/mol. The van der Waals surface area contributed by atoms with Crippen LogP contribution in [0, 0.1) is 5.92 Å². The van der Waals surface area contributed by atoms with Gasteiger partial charge in [0.25, 0.3) is 0 Å². The summed E-state index contributed by atoms with van der Waals surface area (Å²) in [6.07, 6.45) is 3.27. The first kappa shape index (κ1) is 19.0. The molecule has 0 aromatic carbocycles. The van der Waals surface area contributed by atoms with Gasteiger partial charge in [0.15, 0.2) is 0 Å². The van der Waals surface area contributed by atoms with Gasteiger partial charge in [0.2, 0.25) is 0 Å². The first-order chi connectivity index (χ1) is 7.08. The third kappa shape index (κ3) is 5.68. The van der Waals surface area contributed by atoms with Gasteiger partial charge in [-0.2, -0.15) is 5.10 Å². The van der Waals surface area contributed by atoms with Gasteiger partial charge in [0.05, 0.1) is 6.54 Å². The zero-order chi connectivity index (χ0) is 11.3. The van der Waals surface area contributed by atoms with Crippen molar-refractivity contribution in [1.82, 2.24) is 20.1 Å². The summed E-state index contributed by atoms with van der Waals surface area (Å²) in [6.45, 7) is 8.82. The van der Waals surface area contributed by atoms with Crippen molar-refractivity contribution in [3.8, 4) is 0 Å². The van der Waals surface area contributed by atoms with Crippen molar-refractivity contribution in [2.75, 3.05) is 13.1 Å². The topological polar surface area (TPSA) is 68.8 Å². The maximum absolute atomic E-state index is 5.77. The molecule has 1 aromatic rings. The molecule has 1 aromatic heterocycles. The highest BCUT2D eigenvalue weighted by Crippen LogP contribution is 2.14. The highest BCUT2D eigenvalue weighted by Gasteiger charge is 2.25. The summed E-state index contributed by atoms with van der Waals surface area (Å²) in [6, 6.07) is 0. The van der Waals surface area contributed by atoms with Gasteiger partial charge in [0.1, 0.15) is 12.7 Å². The Kier molecular flexibility index (Phi) is 9.71. The monoisotopic (exact) mass is 283 g/mol. The molecule has 17 heavy (non-hydrogen) atoms. The van der Waals surface area contributed by atoms with Crippen LogP contribution in [0.25, 0.3) is 0 Å². The summed E-state index contributed by atoms with van der Waals surface area (Å²) in [4.78, 5) is 3.89. The molecular weight excluding hydrogens is 261 g/mol. The summed E-state index contributed by atoms with van der Waals surface area (Å²) < 4.78 is 1.81. The Bertz CT molecular complexity index is 278. The number of hydrogen-bond donors (Lipinski definition) is 2. The minimum absolute atomic E-state index is 0. The Balaban J connectivity index is 0. The van der Waals surface area contributed by atoms with Crippen LogP contribution in [-0.4, -0.2) is 33.4 Å². The highest BCUT2D eigenvalue weighted by molar-refractivity contribution is 5.85. The number of aromatic nitrogens is 3. The highest BCUT2D eigenvalue weighted by atomic mass is 35.5. The predicted octanol–water partition coefficient (Wildman–Crippen LogP) is 1.08. The SMILES string of the molecule is CC(C)C(C)(CN)NCCn1cncn1.Cl.Cl. The number of nitrogens with zero attached hydrogens (tertiary/aromatic N) is 3. The second-order valence-corrected chi connectivity index (χ2v) is 4.36. The molecule has 3 N–H and O–H groups in total. The third-order valence-corrected chi connectivity index (χ3v) is 3.03. The average molecular weight is 284 g/mol. The lowest BCUT2D eigenvalue weighted by molar-refractivity contribution is 0.264. The molecule has 5 nitrogen and oxygen atoms in total. The van der Waals surface area contributed by atoms with E-state index in [-0.39, 0.29) is 30.4 Å². The van der Waals surface area contributed by atoms with Crippen LogP contribution in [0.5, 0.6) is 0 Å². The van der Waals surface area contributed by atoms with Gasteiger partial charge < -0.3 is 11.1 Å². The Morgan fingerprint density at radius 2 is 2.06 bits per heavy atom. The fraction of sp³-hybridized carbons (Fsp3) is 0.800. The molecule has 1 unspecified atom stereocenters. The zero-order valence-corrected chi connectivity index (χ0v) is 12.2. The fourth-order valence-electron chi connectivity index (χ4n) is 1.32. The molecule has 0 bridgehead atoms. The molecule has 0 amide bonds. The molecule has 0 aliphatic carbocycles. The smallest absolute Gasteiger partial charge is 0.137 e. The minimum Gasteiger partial charge on any atom is -0.329 e. The quantitative estimate of drug-likeness (QED) is 0.820. The maximum Gasteiger partial charge on any atom is 0.137 e. The van der Waals surface area contributed by atoms with Gasteiger partial charge in [-0.1, -0.05) is 13.8 Å². The molecule has 7 heteroatoms. The van der Waals surface area contributed by atoms with Gasteiger partial charge in [-0.05, 0) is 12.8 Å². The van der Waals surface area contributed by atoms with Crippen molar-refractivity contribution in [3.05, 3.63) is 12.7 Å². The van der Waals surface area contributed by atoms with E-state index in [1.54, 1.807) is 12.7 Å². The maximum atomic E-state index is 5.77. The average Bonchev–Trinajstić information content (AvgIpc) is 2.70. The molecule has 1 atom stereocenters. The molecule has 0 saturated heterocycles. The largest absolute Gasteiger partial charge is 0.329 e. The molecule has 1 heterocycles. The van der Waals surface area contributed by atoms with Gasteiger partial charge in [-0.3, -0.25) is 4.68 Å². The summed E-state index contributed by atoms with van der Waals surface area (Å²) in [5.74, 6) is 0.512. The van der Waals surface area contributed by atoms with E-state index in [1.807, 2.05) is 4.68 Å². The van der Waals surface area contributed by atoms with Crippen LogP contribution in [-0.2, 0) is 6.54 Å². The molecule has 0 saturated carbocycles. The van der Waals surface area contributed by atoms with Crippen molar-refractivity contribution in [2.24, 2.45) is 11.7 Å². The first-order valence-electron chi connectivity index (χ1n) is 5.36. The summed E-state index contributed by atoms with van der Waals surface area (Å²) in [5.41, 5.74) is 5.77. The second-order valence-electron chi connectivity index (χ2n) is 4.36. The molecule has 0 radical (unpaired) electrons. The lowest BCUT2D eigenvalue weighted by Gasteiger charge is -2.33. The number of hydrogen-bond acceptors (Lipinski definition) is 4. The van der Waals surface area contributed by atoms with Crippen molar-refractivity contribution in [3.63, 3.8) is 0 Å². The molecule has 0 spiro atoms. The van der Waals surface area contributed by atoms with Crippen LogP contribution in [0.3, 0.4) is 0 Å². The lowest BCUT2D eigenvalue weighted by atomic mass is 9.88. The summed E-state index contributed by atoms with van der Waals surface area (Å²) in [5, 5.41) is 7.51. The van der Waals surface area contributed by atoms with E-state index in [9.17, 15) is 0 Å². The molecule has 1 rings (SSSR count). The number of nitrogens with two attached hydrogens (primary N) is 1. The third-order valence-electron chi connectivity index (χ3n) is 3.03. The first-order valence-corrected chi connectivity index (χ1v) is 5.36. The van der Waals surface area contributed by atoms with Crippen LogP contribution in [0.15, 0.2) is 12.7 Å². The number of nitrogens with one attached hydrogen (secondary N) is 1. The Morgan fingerprint density at radius 1 is 1.41 bits per heavy atom. The molecular formula is C10H23Cl2N5. The van der Waals surface area contributed by atoms with Crippen LogP contribution >= 0.6 is 24.8 Å². The zero-order valence-electron chi connectivity index (χ0n) is 10.6. The summed E-state index contributed by atoms with van der Waals surface area (Å²) >= 11 is 0. The Morgan fingerprint density at radius 3 is 2.47 bits per heavy atom. The van der Waals surface area contributed by atoms with Crippen LogP contribution in [0.1, 0.15) is 20.8 Å². The normalized spacial score (nSPS) is 13.7. The molecule has 0 fully saturated rings. The van der Waals surface area contributed by atoms with E-state index < -0.39 is 0 Å². The van der Waals surface area contributed by atoms with E-state index in [0.717, 1.165) is 13.1 Å². The standard InChI is InChI=1S/C10H21N5.2ClH/c1-9(2)10(3,6-11)13-4-5-15-8-12-7-14-15;;/h7-9,13H,4-6,11H2,1-3H3;2*1H. The summed E-state index contributed by atoms with van der Waals surface area (Å²) in [7, 11) is 0. The molecule has 102 valence electrons. The van der Waals surface area contributed by atoms with Crippen LogP contribution in [0.2, 0.25) is 0 Å². The van der Waals surface area contributed by atoms with E-state index in [4.69, 9.17) is 5.73 Å². The van der Waals surface area contributed by atoms with E-state index in [2.05, 4.69) is 36.2 Å². The van der Waals surface area contributed by atoms with Gasteiger partial charge in [-0.25, -0.2) is 4.98 Å². The van der Waals surface area contributed by atoms with Gasteiger partial charge in [-0.15, -0.1) is 24.8 Å². The lowest BCUT2D eigenvalue weighted by Crippen LogP contribution is -2.53. The molecule has 0 aliphatic heterocycles. The van der Waals surface area contributed by atoms with E-state index in [0.29, 0.717) is 12.5 Å². The van der Waals surface area contributed by atoms with E-state index >= 15 is 0 Å². The van der Waals surface area contributed by atoms with Gasteiger partial charge in [0, 0.05) is 18.6 Å². The van der Waals surface area contributed by atoms with Crippen molar-refractivity contribution in [1.29, 1.82) is 0 Å². The number of rotatable bonds is 6. The van der Waals surface area contributed by atoms with Crippen molar-refractivity contribution < 1.29 is 0 Å². The Labute approximate surface area is 115 Å². The Hall–Kier alpha value is -0.360. The minimum atomic E-state index is 0.